The summed E-state index contributed by atoms with van der Waals surface area (Å²) in [6, 6.07) is 7.48. The highest BCUT2D eigenvalue weighted by Gasteiger charge is 2.02. The van der Waals surface area contributed by atoms with Crippen molar-refractivity contribution < 1.29 is 0 Å². The smallest absolute Gasteiger partial charge is 0.189 e. The average molecular weight is 187 g/mol. The van der Waals surface area contributed by atoms with Crippen LogP contribution in [0.4, 0.5) is 0 Å². The van der Waals surface area contributed by atoms with Gasteiger partial charge in [-0.25, -0.2) is 0 Å². The molecular formula is C12H13NO. The fourth-order valence-electron chi connectivity index (χ4n) is 1.82. The third kappa shape index (κ3) is 1.23. The predicted octanol–water partition coefficient (Wildman–Crippen LogP) is 2.33. The lowest BCUT2D eigenvalue weighted by molar-refractivity contribution is 0.785. The maximum absolute atomic E-state index is 11.6. The molecule has 0 atom stereocenters. The third-order valence-electron chi connectivity index (χ3n) is 2.54. The normalized spacial score (nSPS) is 10.7. The molecule has 0 unspecified atom stereocenters. The lowest BCUT2D eigenvalue weighted by atomic mass is 10.1. The van der Waals surface area contributed by atoms with Gasteiger partial charge in [0.05, 0.1) is 5.52 Å². The average Bonchev–Trinajstić information content (AvgIpc) is 2.20. The minimum Gasteiger partial charge on any atom is -0.347 e. The van der Waals surface area contributed by atoms with Gasteiger partial charge < -0.3 is 4.57 Å². The molecule has 0 N–H and O–H groups in total. The Bertz CT molecular complexity index is 525. The third-order valence-corrected chi connectivity index (χ3v) is 2.54. The van der Waals surface area contributed by atoms with Crippen molar-refractivity contribution in [3.8, 4) is 0 Å². The highest BCUT2D eigenvalue weighted by molar-refractivity contribution is 5.81. The zero-order valence-electron chi connectivity index (χ0n) is 8.45. The number of aryl methyl sites for hydroxylation is 2. The lowest BCUT2D eigenvalue weighted by Gasteiger charge is -2.09. The van der Waals surface area contributed by atoms with E-state index in [0.717, 1.165) is 23.0 Å². The van der Waals surface area contributed by atoms with E-state index in [1.165, 1.54) is 0 Å². The summed E-state index contributed by atoms with van der Waals surface area (Å²) in [6.45, 7) is 5.01. The number of para-hydroxylation sites is 1. The SMILES string of the molecule is CCn1ccc(=O)c2cccc(C)c21. The van der Waals surface area contributed by atoms with Crippen LogP contribution in [-0.4, -0.2) is 4.57 Å². The fraction of sp³-hybridized carbons (Fsp3) is 0.250. The molecule has 72 valence electrons. The van der Waals surface area contributed by atoms with Crippen molar-refractivity contribution in [3.05, 3.63) is 46.2 Å². The van der Waals surface area contributed by atoms with E-state index in [1.54, 1.807) is 6.07 Å². The Balaban J connectivity index is 3.00. The number of hydrogen-bond acceptors (Lipinski definition) is 1. The van der Waals surface area contributed by atoms with Crippen LogP contribution in [0.3, 0.4) is 0 Å². The zero-order valence-corrected chi connectivity index (χ0v) is 8.45. The number of fused-ring (bicyclic) bond motifs is 1. The monoisotopic (exact) mass is 187 g/mol. The highest BCUT2D eigenvalue weighted by atomic mass is 16.1. The Morgan fingerprint density at radius 3 is 2.79 bits per heavy atom. The number of benzene rings is 1. The van der Waals surface area contributed by atoms with E-state index >= 15 is 0 Å². The molecule has 0 amide bonds. The van der Waals surface area contributed by atoms with Crippen LogP contribution in [0.2, 0.25) is 0 Å². The first-order valence-corrected chi connectivity index (χ1v) is 4.83. The van der Waals surface area contributed by atoms with Gasteiger partial charge in [-0.1, -0.05) is 12.1 Å². The molecule has 0 aliphatic heterocycles. The summed E-state index contributed by atoms with van der Waals surface area (Å²) in [5, 5.41) is 0.814. The van der Waals surface area contributed by atoms with Crippen LogP contribution in [0.15, 0.2) is 35.3 Å². The summed E-state index contributed by atoms with van der Waals surface area (Å²) in [6.07, 6.45) is 1.86. The largest absolute Gasteiger partial charge is 0.347 e. The van der Waals surface area contributed by atoms with E-state index in [0.29, 0.717) is 0 Å². The van der Waals surface area contributed by atoms with Gasteiger partial charge in [0.15, 0.2) is 5.43 Å². The van der Waals surface area contributed by atoms with E-state index in [-0.39, 0.29) is 5.43 Å². The molecule has 1 heterocycles. The fourth-order valence-corrected chi connectivity index (χ4v) is 1.82. The van der Waals surface area contributed by atoms with Crippen molar-refractivity contribution in [2.45, 2.75) is 20.4 Å². The highest BCUT2D eigenvalue weighted by Crippen LogP contribution is 2.14. The van der Waals surface area contributed by atoms with E-state index in [9.17, 15) is 4.79 Å². The molecule has 2 aromatic rings. The molecule has 0 aliphatic carbocycles. The summed E-state index contributed by atoms with van der Waals surface area (Å²) < 4.78 is 2.10. The van der Waals surface area contributed by atoms with Gasteiger partial charge in [0.2, 0.25) is 0 Å². The summed E-state index contributed by atoms with van der Waals surface area (Å²) in [4.78, 5) is 11.6. The lowest BCUT2D eigenvalue weighted by Crippen LogP contribution is -2.07. The number of nitrogens with zero attached hydrogens (tertiary/aromatic N) is 1. The van der Waals surface area contributed by atoms with Crippen LogP contribution in [0.5, 0.6) is 0 Å². The quantitative estimate of drug-likeness (QED) is 0.671. The van der Waals surface area contributed by atoms with Gasteiger partial charge in [-0.05, 0) is 25.5 Å². The van der Waals surface area contributed by atoms with Crippen molar-refractivity contribution in [1.29, 1.82) is 0 Å². The first kappa shape index (κ1) is 9.00. The molecule has 0 saturated heterocycles. The molecular weight excluding hydrogens is 174 g/mol. The number of hydrogen-bond donors (Lipinski definition) is 0. The molecule has 0 spiro atoms. The van der Waals surface area contributed by atoms with E-state index < -0.39 is 0 Å². The standard InChI is InChI=1S/C12H13NO/c1-3-13-8-7-11(14)10-6-4-5-9(2)12(10)13/h4-8H,3H2,1-2H3. The first-order chi connectivity index (χ1) is 6.74. The van der Waals surface area contributed by atoms with Gasteiger partial charge in [0.1, 0.15) is 0 Å². The molecule has 1 aromatic carbocycles. The Labute approximate surface area is 82.8 Å². The molecule has 2 heteroatoms. The zero-order chi connectivity index (χ0) is 10.1. The number of aromatic nitrogens is 1. The molecule has 2 rings (SSSR count). The van der Waals surface area contributed by atoms with Crippen molar-refractivity contribution in [2.75, 3.05) is 0 Å². The maximum atomic E-state index is 11.6. The molecule has 1 aromatic heterocycles. The molecule has 2 nitrogen and oxygen atoms in total. The van der Waals surface area contributed by atoms with Crippen LogP contribution in [0.25, 0.3) is 10.9 Å². The Kier molecular flexibility index (Phi) is 2.12. The van der Waals surface area contributed by atoms with Gasteiger partial charge in [-0.2, -0.15) is 0 Å². The Hall–Kier alpha value is -1.57. The van der Waals surface area contributed by atoms with Gasteiger partial charge in [-0.15, -0.1) is 0 Å². The van der Waals surface area contributed by atoms with Crippen molar-refractivity contribution in [1.82, 2.24) is 4.57 Å². The van der Waals surface area contributed by atoms with Gasteiger partial charge in [-0.3, -0.25) is 4.79 Å². The van der Waals surface area contributed by atoms with Crippen LogP contribution >= 0.6 is 0 Å². The maximum Gasteiger partial charge on any atom is 0.189 e. The second kappa shape index (κ2) is 3.29. The number of pyridine rings is 1. The molecule has 0 radical (unpaired) electrons. The van der Waals surface area contributed by atoms with Crippen molar-refractivity contribution in [3.63, 3.8) is 0 Å². The second-order valence-electron chi connectivity index (χ2n) is 3.44. The summed E-state index contributed by atoms with van der Waals surface area (Å²) in [5.41, 5.74) is 2.32. The van der Waals surface area contributed by atoms with Crippen molar-refractivity contribution in [2.24, 2.45) is 0 Å². The molecule has 0 bridgehead atoms. The summed E-state index contributed by atoms with van der Waals surface area (Å²) >= 11 is 0. The Morgan fingerprint density at radius 1 is 1.29 bits per heavy atom. The van der Waals surface area contributed by atoms with E-state index in [4.69, 9.17) is 0 Å². The summed E-state index contributed by atoms with van der Waals surface area (Å²) in [7, 11) is 0. The number of rotatable bonds is 1. The Morgan fingerprint density at radius 2 is 2.07 bits per heavy atom. The minimum absolute atomic E-state index is 0.105. The van der Waals surface area contributed by atoms with Gasteiger partial charge in [0, 0.05) is 24.2 Å². The van der Waals surface area contributed by atoms with Gasteiger partial charge >= 0.3 is 0 Å². The van der Waals surface area contributed by atoms with Crippen LogP contribution in [0, 0.1) is 6.92 Å². The molecule has 0 fully saturated rings. The van der Waals surface area contributed by atoms with Crippen LogP contribution in [-0.2, 0) is 6.54 Å². The minimum atomic E-state index is 0.105. The first-order valence-electron chi connectivity index (χ1n) is 4.83. The molecule has 0 saturated carbocycles. The van der Waals surface area contributed by atoms with E-state index in [1.807, 2.05) is 31.3 Å². The van der Waals surface area contributed by atoms with Gasteiger partial charge in [0.25, 0.3) is 0 Å². The summed E-state index contributed by atoms with van der Waals surface area (Å²) in [5.74, 6) is 0. The molecule has 14 heavy (non-hydrogen) atoms. The second-order valence-corrected chi connectivity index (χ2v) is 3.44. The van der Waals surface area contributed by atoms with Crippen LogP contribution in [0.1, 0.15) is 12.5 Å². The topological polar surface area (TPSA) is 22.0 Å². The van der Waals surface area contributed by atoms with E-state index in [2.05, 4.69) is 11.5 Å². The van der Waals surface area contributed by atoms with Crippen LogP contribution < -0.4 is 5.43 Å². The molecule has 0 aliphatic rings. The predicted molar refractivity (Wildman–Crippen MR) is 58.6 cm³/mol. The van der Waals surface area contributed by atoms with Crippen molar-refractivity contribution >= 4 is 10.9 Å².